The highest BCUT2D eigenvalue weighted by Gasteiger charge is 2.33. The molecule has 3 aromatic rings. The molecule has 2 aromatic heterocycles. The molecule has 1 aliphatic rings. The average molecular weight is 533 g/mol. The van der Waals surface area contributed by atoms with Gasteiger partial charge in [0.05, 0.1) is 23.3 Å². The largest absolute Gasteiger partial charge is 0.573 e. The van der Waals surface area contributed by atoms with Gasteiger partial charge in [0.15, 0.2) is 5.69 Å². The minimum atomic E-state index is -4.87. The summed E-state index contributed by atoms with van der Waals surface area (Å²) in [6.07, 6.45) is -1.84. The SMILES string of the molecule is O=C(c1cc(-c2cc(Br)cc(OC(F)(F)F)c2)n(-c2cccnc2)n1)N1CCS(O)(O)C1. The normalized spacial score (nSPS) is 16.8. The summed E-state index contributed by atoms with van der Waals surface area (Å²) in [7, 11) is -2.85. The van der Waals surface area contributed by atoms with Crippen LogP contribution in [0, 0.1) is 0 Å². The molecule has 13 heteroatoms. The summed E-state index contributed by atoms with van der Waals surface area (Å²) in [5, 5.41) is 4.34. The highest BCUT2D eigenvalue weighted by atomic mass is 79.9. The molecule has 0 atom stereocenters. The summed E-state index contributed by atoms with van der Waals surface area (Å²) in [4.78, 5) is 18.2. The third kappa shape index (κ3) is 5.06. The van der Waals surface area contributed by atoms with Gasteiger partial charge < -0.3 is 9.64 Å². The Balaban J connectivity index is 1.79. The Morgan fingerprint density at radius 2 is 2.00 bits per heavy atom. The van der Waals surface area contributed by atoms with Crippen molar-refractivity contribution in [3.8, 4) is 22.7 Å². The molecule has 0 unspecified atom stereocenters. The number of ether oxygens (including phenoxy) is 1. The number of benzene rings is 1. The van der Waals surface area contributed by atoms with Crippen molar-refractivity contribution in [3.05, 3.63) is 59.0 Å². The van der Waals surface area contributed by atoms with E-state index in [0.717, 1.165) is 0 Å². The van der Waals surface area contributed by atoms with Crippen LogP contribution < -0.4 is 4.74 Å². The Labute approximate surface area is 190 Å². The number of carbonyl (C=O) groups excluding carboxylic acids is 1. The standard InChI is InChI=1S/C19H16BrF3N4O4S/c20-13-6-12(7-15(8-13)31-19(21,22)23)17-9-16(18(28)26-4-5-32(29,30)11-26)25-27(17)14-2-1-3-24-10-14/h1-3,6-10,29-30H,4-5,11H2. The van der Waals surface area contributed by atoms with E-state index in [-0.39, 0.29) is 23.9 Å². The first-order valence-corrected chi connectivity index (χ1v) is 11.8. The maximum Gasteiger partial charge on any atom is 0.573 e. The maximum absolute atomic E-state index is 12.9. The lowest BCUT2D eigenvalue weighted by Crippen LogP contribution is -2.29. The lowest BCUT2D eigenvalue weighted by molar-refractivity contribution is -0.274. The van der Waals surface area contributed by atoms with E-state index >= 15 is 0 Å². The minimum Gasteiger partial charge on any atom is -0.406 e. The van der Waals surface area contributed by atoms with Gasteiger partial charge in [-0.25, -0.2) is 4.68 Å². The van der Waals surface area contributed by atoms with Crippen molar-refractivity contribution in [2.45, 2.75) is 6.36 Å². The fourth-order valence-electron chi connectivity index (χ4n) is 3.23. The molecule has 0 aliphatic carbocycles. The molecule has 1 saturated heterocycles. The number of amides is 1. The summed E-state index contributed by atoms with van der Waals surface area (Å²) in [5.41, 5.74) is 1.10. The summed E-state index contributed by atoms with van der Waals surface area (Å²) in [5.74, 6) is -1.07. The molecule has 0 radical (unpaired) electrons. The van der Waals surface area contributed by atoms with E-state index in [1.54, 1.807) is 24.4 Å². The predicted molar refractivity (Wildman–Crippen MR) is 115 cm³/mol. The van der Waals surface area contributed by atoms with Crippen molar-refractivity contribution in [2.75, 3.05) is 18.2 Å². The summed E-state index contributed by atoms with van der Waals surface area (Å²) < 4.78 is 63.7. The smallest absolute Gasteiger partial charge is 0.406 e. The van der Waals surface area contributed by atoms with Crippen molar-refractivity contribution >= 4 is 32.4 Å². The van der Waals surface area contributed by atoms with E-state index in [1.807, 2.05) is 0 Å². The Morgan fingerprint density at radius 3 is 2.62 bits per heavy atom. The molecular weight excluding hydrogens is 517 g/mol. The molecule has 1 aromatic carbocycles. The quantitative estimate of drug-likeness (QED) is 0.502. The zero-order chi connectivity index (χ0) is 23.1. The molecular formula is C19H16BrF3N4O4S. The lowest BCUT2D eigenvalue weighted by atomic mass is 10.1. The van der Waals surface area contributed by atoms with Crippen LogP contribution in [0.5, 0.6) is 5.75 Å². The van der Waals surface area contributed by atoms with Crippen LogP contribution >= 0.6 is 26.5 Å². The highest BCUT2D eigenvalue weighted by molar-refractivity contribution is 9.10. The summed E-state index contributed by atoms with van der Waals surface area (Å²) >= 11 is 3.18. The average Bonchev–Trinajstić information content (AvgIpc) is 3.30. The van der Waals surface area contributed by atoms with Gasteiger partial charge >= 0.3 is 6.36 Å². The van der Waals surface area contributed by atoms with Crippen LogP contribution in [0.25, 0.3) is 16.9 Å². The molecule has 170 valence electrons. The molecule has 1 fully saturated rings. The van der Waals surface area contributed by atoms with Crippen molar-refractivity contribution < 1.29 is 31.8 Å². The van der Waals surface area contributed by atoms with Crippen molar-refractivity contribution in [3.63, 3.8) is 0 Å². The summed E-state index contributed by atoms with van der Waals surface area (Å²) in [6.45, 7) is 0.163. The topological polar surface area (TPSA) is 101 Å². The Hall–Kier alpha value is -2.61. The molecule has 3 heterocycles. The first-order chi connectivity index (χ1) is 15.0. The van der Waals surface area contributed by atoms with Gasteiger partial charge in [0, 0.05) is 22.8 Å². The fraction of sp³-hybridized carbons (Fsp3) is 0.211. The zero-order valence-electron chi connectivity index (χ0n) is 16.2. The number of carbonyl (C=O) groups is 1. The Morgan fingerprint density at radius 1 is 1.22 bits per heavy atom. The fourth-order valence-corrected chi connectivity index (χ4v) is 5.09. The molecule has 2 N–H and O–H groups in total. The van der Waals surface area contributed by atoms with Crippen molar-refractivity contribution in [2.24, 2.45) is 0 Å². The van der Waals surface area contributed by atoms with Crippen molar-refractivity contribution in [1.82, 2.24) is 19.7 Å². The zero-order valence-corrected chi connectivity index (χ0v) is 18.6. The number of hydrogen-bond acceptors (Lipinski definition) is 6. The second-order valence-electron chi connectivity index (χ2n) is 6.97. The number of rotatable bonds is 4. The van der Waals surface area contributed by atoms with Crippen LogP contribution in [0.1, 0.15) is 10.5 Å². The van der Waals surface area contributed by atoms with Crippen LogP contribution in [0.2, 0.25) is 0 Å². The van der Waals surface area contributed by atoms with Gasteiger partial charge in [-0.15, -0.1) is 13.2 Å². The van der Waals surface area contributed by atoms with Gasteiger partial charge in [-0.3, -0.25) is 18.9 Å². The Kier molecular flexibility index (Phi) is 5.92. The van der Waals surface area contributed by atoms with Gasteiger partial charge in [0.1, 0.15) is 11.6 Å². The molecule has 32 heavy (non-hydrogen) atoms. The van der Waals surface area contributed by atoms with E-state index in [1.165, 1.54) is 34.0 Å². The van der Waals surface area contributed by atoms with Crippen molar-refractivity contribution in [1.29, 1.82) is 0 Å². The van der Waals surface area contributed by atoms with Gasteiger partial charge in [0.25, 0.3) is 5.91 Å². The first kappa shape index (κ1) is 22.6. The van der Waals surface area contributed by atoms with Crippen LogP contribution in [0.15, 0.2) is 53.3 Å². The predicted octanol–water partition coefficient (Wildman–Crippen LogP) is 4.76. The van der Waals surface area contributed by atoms with Crippen LogP contribution in [0.4, 0.5) is 13.2 Å². The molecule has 1 aliphatic heterocycles. The van der Waals surface area contributed by atoms with Gasteiger partial charge in [-0.2, -0.15) is 15.7 Å². The Bertz CT molecular complexity index is 1160. The first-order valence-electron chi connectivity index (χ1n) is 9.11. The molecule has 1 amide bonds. The third-order valence-corrected chi connectivity index (χ3v) is 6.58. The third-order valence-electron chi connectivity index (χ3n) is 4.56. The monoisotopic (exact) mass is 532 g/mol. The number of pyridine rings is 1. The number of aromatic nitrogens is 3. The number of hydrogen-bond donors (Lipinski definition) is 2. The van der Waals surface area contributed by atoms with Gasteiger partial charge in [0.2, 0.25) is 0 Å². The van der Waals surface area contributed by atoms with Crippen LogP contribution in [-0.4, -0.2) is 59.2 Å². The minimum absolute atomic E-state index is 0.000724. The van der Waals surface area contributed by atoms with E-state index in [9.17, 15) is 27.1 Å². The molecule has 0 saturated carbocycles. The van der Waals surface area contributed by atoms with Crippen LogP contribution in [-0.2, 0) is 0 Å². The molecule has 4 rings (SSSR count). The van der Waals surface area contributed by atoms with Gasteiger partial charge in [-0.1, -0.05) is 15.9 Å². The molecule has 0 spiro atoms. The second-order valence-corrected chi connectivity index (χ2v) is 10.2. The van der Waals surface area contributed by atoms with E-state index in [0.29, 0.717) is 21.4 Å². The second kappa shape index (κ2) is 8.39. The van der Waals surface area contributed by atoms with E-state index < -0.39 is 28.6 Å². The van der Waals surface area contributed by atoms with Crippen LogP contribution in [0.3, 0.4) is 0 Å². The molecule has 0 bridgehead atoms. The van der Waals surface area contributed by atoms with Gasteiger partial charge in [-0.05, 0) is 36.4 Å². The van der Waals surface area contributed by atoms with E-state index in [4.69, 9.17) is 0 Å². The number of alkyl halides is 3. The number of halogens is 4. The lowest BCUT2D eigenvalue weighted by Gasteiger charge is -2.25. The number of nitrogens with zero attached hydrogens (tertiary/aromatic N) is 4. The van der Waals surface area contributed by atoms with E-state index in [2.05, 4.69) is 30.7 Å². The highest BCUT2D eigenvalue weighted by Crippen LogP contribution is 2.44. The summed E-state index contributed by atoms with van der Waals surface area (Å²) in [6, 6.07) is 8.67. The maximum atomic E-state index is 12.9. The molecule has 8 nitrogen and oxygen atoms in total.